The van der Waals surface area contributed by atoms with Crippen molar-refractivity contribution in [2.45, 2.75) is 32.7 Å². The second-order valence-corrected chi connectivity index (χ2v) is 7.31. The van der Waals surface area contributed by atoms with Crippen molar-refractivity contribution in [1.29, 1.82) is 0 Å². The largest absolute Gasteiger partial charge is 0.354 e. The van der Waals surface area contributed by atoms with Gasteiger partial charge in [-0.3, -0.25) is 9.59 Å². The molecule has 4 heteroatoms. The first-order valence-corrected chi connectivity index (χ1v) is 9.17. The minimum Gasteiger partial charge on any atom is -0.354 e. The molecule has 1 heterocycles. The van der Waals surface area contributed by atoms with Crippen LogP contribution in [-0.2, 0) is 4.79 Å². The van der Waals surface area contributed by atoms with E-state index in [1.165, 1.54) is 0 Å². The predicted molar refractivity (Wildman–Crippen MR) is 103 cm³/mol. The molecule has 1 aliphatic rings. The number of hydrogen-bond donors (Lipinski definition) is 1. The fraction of sp³-hybridized carbons (Fsp3) is 0.364. The summed E-state index contributed by atoms with van der Waals surface area (Å²) in [6, 6.07) is 17.7. The molecule has 136 valence electrons. The van der Waals surface area contributed by atoms with Crippen LogP contribution >= 0.6 is 0 Å². The van der Waals surface area contributed by atoms with E-state index in [1.54, 1.807) is 0 Å². The first-order chi connectivity index (χ1) is 12.5. The third-order valence-electron chi connectivity index (χ3n) is 4.98. The quantitative estimate of drug-likeness (QED) is 0.919. The van der Waals surface area contributed by atoms with Gasteiger partial charge in [-0.05, 0) is 38.0 Å². The lowest BCUT2D eigenvalue weighted by Gasteiger charge is -2.19. The normalized spacial score (nSPS) is 19.6. The zero-order valence-corrected chi connectivity index (χ0v) is 15.6. The average Bonchev–Trinajstić information content (AvgIpc) is 3.07. The smallest absolute Gasteiger partial charge is 0.254 e. The summed E-state index contributed by atoms with van der Waals surface area (Å²) in [5.41, 5.74) is 2.78. The topological polar surface area (TPSA) is 49.4 Å². The van der Waals surface area contributed by atoms with E-state index in [0.717, 1.165) is 11.1 Å². The third kappa shape index (κ3) is 3.79. The fourth-order valence-electron chi connectivity index (χ4n) is 3.65. The van der Waals surface area contributed by atoms with E-state index < -0.39 is 0 Å². The first-order valence-electron chi connectivity index (χ1n) is 9.17. The summed E-state index contributed by atoms with van der Waals surface area (Å²) in [6.45, 7) is 6.88. The highest BCUT2D eigenvalue weighted by Gasteiger charge is 2.40. The molecule has 2 aromatic rings. The van der Waals surface area contributed by atoms with Crippen molar-refractivity contribution in [2.24, 2.45) is 5.92 Å². The van der Waals surface area contributed by atoms with Crippen molar-refractivity contribution in [1.82, 2.24) is 10.2 Å². The van der Waals surface area contributed by atoms with Gasteiger partial charge in [-0.1, -0.05) is 48.5 Å². The first kappa shape index (κ1) is 18.2. The second kappa shape index (κ2) is 7.73. The van der Waals surface area contributed by atoms with Gasteiger partial charge in [-0.15, -0.1) is 0 Å². The Morgan fingerprint density at radius 2 is 1.65 bits per heavy atom. The lowest BCUT2D eigenvalue weighted by Crippen LogP contribution is -2.39. The molecule has 1 aliphatic heterocycles. The van der Waals surface area contributed by atoms with Crippen molar-refractivity contribution in [3.05, 3.63) is 71.3 Å². The number of benzene rings is 2. The number of carbonyl (C=O) groups excluding carboxylic acids is 2. The molecule has 1 fully saturated rings. The van der Waals surface area contributed by atoms with E-state index in [2.05, 4.69) is 5.32 Å². The van der Waals surface area contributed by atoms with Gasteiger partial charge < -0.3 is 10.2 Å². The van der Waals surface area contributed by atoms with Gasteiger partial charge in [0.05, 0.1) is 5.92 Å². The maximum Gasteiger partial charge on any atom is 0.254 e. The molecule has 2 aromatic carbocycles. The Balaban J connectivity index is 1.87. The van der Waals surface area contributed by atoms with E-state index in [-0.39, 0.29) is 29.7 Å². The molecule has 4 nitrogen and oxygen atoms in total. The molecule has 0 spiro atoms. The van der Waals surface area contributed by atoms with Gasteiger partial charge >= 0.3 is 0 Å². The Labute approximate surface area is 155 Å². The van der Waals surface area contributed by atoms with Crippen molar-refractivity contribution >= 4 is 11.8 Å². The number of aryl methyl sites for hydroxylation is 1. The van der Waals surface area contributed by atoms with Crippen molar-refractivity contribution in [2.75, 3.05) is 13.1 Å². The van der Waals surface area contributed by atoms with Crippen LogP contribution in [0.25, 0.3) is 0 Å². The standard InChI is InChI=1S/C22H26N2O2/c1-15(2)23-21(25)20-14-24(13-19(20)17-10-5-4-6-11-17)22(26)18-12-8-7-9-16(18)3/h4-12,15,19-20H,13-14H2,1-3H3,(H,23,25). The van der Waals surface area contributed by atoms with E-state index in [0.29, 0.717) is 18.7 Å². The number of likely N-dealkylation sites (tertiary alicyclic amines) is 1. The highest BCUT2D eigenvalue weighted by Crippen LogP contribution is 2.34. The predicted octanol–water partition coefficient (Wildman–Crippen LogP) is 3.38. The maximum atomic E-state index is 13.0. The van der Waals surface area contributed by atoms with E-state index in [4.69, 9.17) is 0 Å². The van der Waals surface area contributed by atoms with Crippen molar-refractivity contribution in [3.8, 4) is 0 Å². The van der Waals surface area contributed by atoms with E-state index >= 15 is 0 Å². The highest BCUT2D eigenvalue weighted by atomic mass is 16.2. The number of carbonyl (C=O) groups is 2. The summed E-state index contributed by atoms with van der Waals surface area (Å²) >= 11 is 0. The molecule has 2 atom stereocenters. The summed E-state index contributed by atoms with van der Waals surface area (Å²) in [7, 11) is 0. The molecule has 0 saturated carbocycles. The summed E-state index contributed by atoms with van der Waals surface area (Å²) in [6.07, 6.45) is 0. The van der Waals surface area contributed by atoms with Crippen LogP contribution in [-0.4, -0.2) is 35.8 Å². The number of hydrogen-bond acceptors (Lipinski definition) is 2. The second-order valence-electron chi connectivity index (χ2n) is 7.31. The molecule has 1 saturated heterocycles. The van der Waals surface area contributed by atoms with Crippen molar-refractivity contribution < 1.29 is 9.59 Å². The Kier molecular flexibility index (Phi) is 5.40. The van der Waals surface area contributed by atoms with Crippen LogP contribution in [0.3, 0.4) is 0 Å². The summed E-state index contributed by atoms with van der Waals surface area (Å²) in [5.74, 6) is -0.187. The van der Waals surface area contributed by atoms with Crippen molar-refractivity contribution in [3.63, 3.8) is 0 Å². The molecule has 0 aliphatic carbocycles. The highest BCUT2D eigenvalue weighted by molar-refractivity contribution is 5.96. The molecular formula is C22H26N2O2. The van der Waals surface area contributed by atoms with Gasteiger partial charge in [0.1, 0.15) is 0 Å². The summed E-state index contributed by atoms with van der Waals surface area (Å²) in [5, 5.41) is 3.02. The third-order valence-corrected chi connectivity index (χ3v) is 4.98. The van der Waals surface area contributed by atoms with Crippen LogP contribution in [0.5, 0.6) is 0 Å². The molecule has 26 heavy (non-hydrogen) atoms. The fourth-order valence-corrected chi connectivity index (χ4v) is 3.65. The van der Waals surface area contributed by atoms with Crippen LogP contribution in [0.2, 0.25) is 0 Å². The minimum absolute atomic E-state index is 0.00359. The molecule has 0 bridgehead atoms. The number of amides is 2. The molecular weight excluding hydrogens is 324 g/mol. The lowest BCUT2D eigenvalue weighted by atomic mass is 9.88. The Morgan fingerprint density at radius 3 is 2.31 bits per heavy atom. The molecule has 3 rings (SSSR count). The van der Waals surface area contributed by atoms with E-state index in [1.807, 2.05) is 80.3 Å². The zero-order chi connectivity index (χ0) is 18.7. The van der Waals surface area contributed by atoms with Gasteiger partial charge in [-0.2, -0.15) is 0 Å². The van der Waals surface area contributed by atoms with Crippen LogP contribution in [0.15, 0.2) is 54.6 Å². The minimum atomic E-state index is -0.229. The van der Waals surface area contributed by atoms with Crippen LogP contribution in [0.4, 0.5) is 0 Å². The van der Waals surface area contributed by atoms with Crippen LogP contribution < -0.4 is 5.32 Å². The summed E-state index contributed by atoms with van der Waals surface area (Å²) < 4.78 is 0. The molecule has 2 amide bonds. The van der Waals surface area contributed by atoms with E-state index in [9.17, 15) is 9.59 Å². The SMILES string of the molecule is Cc1ccccc1C(=O)N1CC(C(=O)NC(C)C)C(c2ccccc2)C1. The molecule has 0 radical (unpaired) electrons. The number of rotatable bonds is 4. The number of nitrogens with zero attached hydrogens (tertiary/aromatic N) is 1. The van der Waals surface area contributed by atoms with Gasteiger partial charge in [0.2, 0.25) is 5.91 Å². The van der Waals surface area contributed by atoms with Gasteiger partial charge in [0.25, 0.3) is 5.91 Å². The molecule has 1 N–H and O–H groups in total. The number of nitrogens with one attached hydrogen (secondary N) is 1. The Hall–Kier alpha value is -2.62. The van der Waals surface area contributed by atoms with Gasteiger partial charge in [-0.25, -0.2) is 0 Å². The lowest BCUT2D eigenvalue weighted by molar-refractivity contribution is -0.125. The van der Waals surface area contributed by atoms with Gasteiger partial charge in [0.15, 0.2) is 0 Å². The zero-order valence-electron chi connectivity index (χ0n) is 15.6. The molecule has 2 unspecified atom stereocenters. The Morgan fingerprint density at radius 1 is 1.00 bits per heavy atom. The summed E-state index contributed by atoms with van der Waals surface area (Å²) in [4.78, 5) is 27.6. The average molecular weight is 350 g/mol. The Bertz CT molecular complexity index is 786. The van der Waals surface area contributed by atoms with Gasteiger partial charge in [0, 0.05) is 30.6 Å². The molecule has 0 aromatic heterocycles. The maximum absolute atomic E-state index is 13.0. The van der Waals surface area contributed by atoms with Crippen LogP contribution in [0, 0.1) is 12.8 Å². The van der Waals surface area contributed by atoms with Crippen LogP contribution in [0.1, 0.15) is 41.3 Å². The monoisotopic (exact) mass is 350 g/mol.